The number of nitrogens with zero attached hydrogens (tertiary/aromatic N) is 6. The first-order chi connectivity index (χ1) is 12.3. The highest BCUT2D eigenvalue weighted by molar-refractivity contribution is 7.09. The van der Waals surface area contributed by atoms with E-state index < -0.39 is 0 Å². The molecule has 130 valence electrons. The van der Waals surface area contributed by atoms with E-state index in [-0.39, 0.29) is 18.7 Å². The summed E-state index contributed by atoms with van der Waals surface area (Å²) in [6.07, 6.45) is 3.69. The van der Waals surface area contributed by atoms with E-state index in [2.05, 4.69) is 37.5 Å². The van der Waals surface area contributed by atoms with Gasteiger partial charge in [0.25, 0.3) is 0 Å². The third kappa shape index (κ3) is 3.46. The van der Waals surface area contributed by atoms with Gasteiger partial charge in [0.1, 0.15) is 5.01 Å². The van der Waals surface area contributed by atoms with Gasteiger partial charge in [0, 0.05) is 17.6 Å². The summed E-state index contributed by atoms with van der Waals surface area (Å²) >= 11 is 1.64. The summed E-state index contributed by atoms with van der Waals surface area (Å²) in [5.74, 6) is 0.858. The maximum Gasteiger partial charge on any atom is 0.168 e. The van der Waals surface area contributed by atoms with E-state index >= 15 is 0 Å². The molecular formula is C17H20N6OS. The van der Waals surface area contributed by atoms with Crippen LogP contribution in [0.15, 0.2) is 41.9 Å². The number of aliphatic hydroxyl groups excluding tert-OH is 1. The van der Waals surface area contributed by atoms with Gasteiger partial charge < -0.3 is 5.11 Å². The van der Waals surface area contributed by atoms with Crippen molar-refractivity contribution in [3.8, 4) is 0 Å². The Labute approximate surface area is 149 Å². The number of aliphatic hydroxyl groups is 1. The third-order valence-electron chi connectivity index (χ3n) is 4.69. The van der Waals surface area contributed by atoms with Crippen LogP contribution in [0, 0.1) is 0 Å². The Morgan fingerprint density at radius 3 is 2.80 bits per heavy atom. The minimum Gasteiger partial charge on any atom is -0.395 e. The number of hydrogen-bond donors (Lipinski definition) is 1. The molecule has 1 fully saturated rings. The first kappa shape index (κ1) is 16.3. The molecule has 25 heavy (non-hydrogen) atoms. The Balaban J connectivity index is 1.58. The van der Waals surface area contributed by atoms with Crippen molar-refractivity contribution in [2.75, 3.05) is 6.61 Å². The number of benzene rings is 1. The molecule has 1 aliphatic heterocycles. The van der Waals surface area contributed by atoms with Gasteiger partial charge in [-0.05, 0) is 28.8 Å². The van der Waals surface area contributed by atoms with Crippen LogP contribution in [0.1, 0.15) is 35.3 Å². The summed E-state index contributed by atoms with van der Waals surface area (Å²) < 4.78 is 1.87. The van der Waals surface area contributed by atoms with E-state index in [1.165, 1.54) is 5.56 Å². The van der Waals surface area contributed by atoms with Crippen molar-refractivity contribution in [1.82, 2.24) is 30.1 Å². The van der Waals surface area contributed by atoms with E-state index in [0.29, 0.717) is 13.1 Å². The molecule has 0 saturated carbocycles. The van der Waals surface area contributed by atoms with Crippen LogP contribution in [-0.4, -0.2) is 47.8 Å². The minimum atomic E-state index is 0.0970. The van der Waals surface area contributed by atoms with E-state index in [1.54, 1.807) is 11.3 Å². The zero-order valence-electron chi connectivity index (χ0n) is 13.8. The van der Waals surface area contributed by atoms with Crippen molar-refractivity contribution in [1.29, 1.82) is 0 Å². The number of thiazole rings is 1. The zero-order valence-corrected chi connectivity index (χ0v) is 14.6. The number of likely N-dealkylation sites (tertiary alicyclic amines) is 1. The summed E-state index contributed by atoms with van der Waals surface area (Å²) in [5.41, 5.74) is 1.17. The number of rotatable bonds is 6. The molecule has 1 aromatic carbocycles. The SMILES string of the molecule is OC[C@@H]1CC[C@@H](c2nnnn2Cc2ccccc2)N1Cc1nccs1. The fourth-order valence-corrected chi connectivity index (χ4v) is 4.08. The fourth-order valence-electron chi connectivity index (χ4n) is 3.46. The van der Waals surface area contributed by atoms with Gasteiger partial charge in [0.2, 0.25) is 0 Å². The fraction of sp³-hybridized carbons (Fsp3) is 0.412. The van der Waals surface area contributed by atoms with Crippen LogP contribution in [0.3, 0.4) is 0 Å². The predicted molar refractivity (Wildman–Crippen MR) is 93.9 cm³/mol. The lowest BCUT2D eigenvalue weighted by molar-refractivity contribution is 0.117. The smallest absolute Gasteiger partial charge is 0.168 e. The summed E-state index contributed by atoms with van der Waals surface area (Å²) in [5, 5.41) is 25.2. The van der Waals surface area contributed by atoms with Crippen molar-refractivity contribution >= 4 is 11.3 Å². The maximum absolute atomic E-state index is 9.77. The average molecular weight is 356 g/mol. The summed E-state index contributed by atoms with van der Waals surface area (Å²) in [4.78, 5) is 6.67. The Morgan fingerprint density at radius 1 is 1.16 bits per heavy atom. The van der Waals surface area contributed by atoms with Crippen LogP contribution < -0.4 is 0 Å². The molecule has 0 radical (unpaired) electrons. The van der Waals surface area contributed by atoms with Crippen LogP contribution in [0.5, 0.6) is 0 Å². The van der Waals surface area contributed by atoms with Crippen LogP contribution in [0.2, 0.25) is 0 Å². The Bertz CT molecular complexity index is 791. The van der Waals surface area contributed by atoms with Gasteiger partial charge in [0.15, 0.2) is 5.82 Å². The molecule has 0 aliphatic carbocycles. The molecule has 1 N–H and O–H groups in total. The molecule has 2 aromatic heterocycles. The first-order valence-electron chi connectivity index (χ1n) is 8.40. The molecule has 3 aromatic rings. The summed E-state index contributed by atoms with van der Waals surface area (Å²) in [6, 6.07) is 10.4. The van der Waals surface area contributed by atoms with Crippen molar-refractivity contribution in [2.24, 2.45) is 0 Å². The lowest BCUT2D eigenvalue weighted by Gasteiger charge is -2.27. The second-order valence-corrected chi connectivity index (χ2v) is 7.19. The van der Waals surface area contributed by atoms with Crippen LogP contribution in [0.4, 0.5) is 0 Å². The second kappa shape index (κ2) is 7.38. The van der Waals surface area contributed by atoms with Gasteiger partial charge in [-0.3, -0.25) is 4.90 Å². The van der Waals surface area contributed by atoms with Gasteiger partial charge in [-0.2, -0.15) is 0 Å². The van der Waals surface area contributed by atoms with Gasteiger partial charge in [-0.15, -0.1) is 16.4 Å². The van der Waals surface area contributed by atoms with Gasteiger partial charge in [-0.1, -0.05) is 30.3 Å². The van der Waals surface area contributed by atoms with Crippen LogP contribution in [-0.2, 0) is 13.1 Å². The van der Waals surface area contributed by atoms with E-state index in [0.717, 1.165) is 23.7 Å². The van der Waals surface area contributed by atoms with Crippen molar-refractivity contribution < 1.29 is 5.11 Å². The lowest BCUT2D eigenvalue weighted by Crippen LogP contribution is -2.34. The number of aromatic nitrogens is 5. The van der Waals surface area contributed by atoms with Gasteiger partial charge >= 0.3 is 0 Å². The van der Waals surface area contributed by atoms with E-state index in [1.807, 2.05) is 34.5 Å². The molecule has 7 nitrogen and oxygen atoms in total. The molecule has 0 amide bonds. The van der Waals surface area contributed by atoms with Crippen LogP contribution in [0.25, 0.3) is 0 Å². The number of hydrogen-bond acceptors (Lipinski definition) is 7. The second-order valence-electron chi connectivity index (χ2n) is 6.21. The monoisotopic (exact) mass is 356 g/mol. The molecule has 4 rings (SSSR count). The first-order valence-corrected chi connectivity index (χ1v) is 9.28. The summed E-state index contributed by atoms with van der Waals surface area (Å²) in [6.45, 7) is 1.50. The van der Waals surface area contributed by atoms with Gasteiger partial charge in [-0.25, -0.2) is 9.67 Å². The van der Waals surface area contributed by atoms with E-state index in [4.69, 9.17) is 0 Å². The largest absolute Gasteiger partial charge is 0.395 e. The van der Waals surface area contributed by atoms with E-state index in [9.17, 15) is 5.11 Å². The molecule has 0 spiro atoms. The molecule has 0 bridgehead atoms. The zero-order chi connectivity index (χ0) is 17.1. The molecule has 8 heteroatoms. The topological polar surface area (TPSA) is 80.0 Å². The van der Waals surface area contributed by atoms with Crippen molar-refractivity contribution in [3.05, 3.63) is 58.3 Å². The molecule has 1 saturated heterocycles. The molecular weight excluding hydrogens is 336 g/mol. The molecule has 2 atom stereocenters. The summed E-state index contributed by atoms with van der Waals surface area (Å²) in [7, 11) is 0. The standard InChI is InChI=1S/C17H20N6OS/c24-12-14-6-7-15(22(14)11-16-18-8-9-25-16)17-19-20-21-23(17)10-13-4-2-1-3-5-13/h1-5,8-9,14-15,24H,6-7,10-12H2/t14-,15-/m0/s1. The highest BCUT2D eigenvalue weighted by atomic mass is 32.1. The molecule has 0 unspecified atom stereocenters. The molecule has 1 aliphatic rings. The number of tetrazole rings is 1. The Hall–Kier alpha value is -2.16. The quantitative estimate of drug-likeness (QED) is 0.726. The van der Waals surface area contributed by atoms with Crippen molar-refractivity contribution in [3.63, 3.8) is 0 Å². The third-order valence-corrected chi connectivity index (χ3v) is 5.45. The Morgan fingerprint density at radius 2 is 2.04 bits per heavy atom. The normalized spacial score (nSPS) is 21.0. The highest BCUT2D eigenvalue weighted by Crippen LogP contribution is 2.36. The minimum absolute atomic E-state index is 0.0970. The lowest BCUT2D eigenvalue weighted by atomic mass is 10.2. The maximum atomic E-state index is 9.77. The highest BCUT2D eigenvalue weighted by Gasteiger charge is 2.37. The average Bonchev–Trinajstić information content (AvgIpc) is 3.37. The van der Waals surface area contributed by atoms with Crippen LogP contribution >= 0.6 is 11.3 Å². The predicted octanol–water partition coefficient (Wildman–Crippen LogP) is 1.88. The van der Waals surface area contributed by atoms with Gasteiger partial charge in [0.05, 0.1) is 25.7 Å². The van der Waals surface area contributed by atoms with Crippen molar-refractivity contribution in [2.45, 2.75) is 38.0 Å². The Kier molecular flexibility index (Phi) is 4.82. The molecule has 3 heterocycles.